The summed E-state index contributed by atoms with van der Waals surface area (Å²) in [4.78, 5) is 13.5. The molecule has 0 aliphatic heterocycles. The van der Waals surface area contributed by atoms with Crippen molar-refractivity contribution in [3.05, 3.63) is 33.5 Å². The fourth-order valence-electron chi connectivity index (χ4n) is 3.01. The van der Waals surface area contributed by atoms with Crippen LogP contribution in [0.2, 0.25) is 0 Å². The molecule has 0 bridgehead atoms. The summed E-state index contributed by atoms with van der Waals surface area (Å²) < 4.78 is 6.81. The molecule has 0 fully saturated rings. The summed E-state index contributed by atoms with van der Waals surface area (Å²) in [7, 11) is 3.33. The molecule has 1 aliphatic rings. The molecule has 0 saturated carbocycles. The summed E-state index contributed by atoms with van der Waals surface area (Å²) in [5.41, 5.74) is 3.95. The van der Waals surface area contributed by atoms with Crippen LogP contribution < -0.4 is 10.6 Å². The number of nitrogens with zero attached hydrogens (tertiary/aromatic N) is 2. The highest BCUT2D eigenvalue weighted by Crippen LogP contribution is 2.38. The first-order valence-electron chi connectivity index (χ1n) is 8.26. The number of rotatable bonds is 4. The highest BCUT2D eigenvalue weighted by atomic mass is 32.1. The highest BCUT2D eigenvalue weighted by Gasteiger charge is 2.26. The number of thiophene rings is 1. The number of nitrogens with one attached hydrogen (secondary N) is 2. The normalized spacial score (nSPS) is 13.2. The second-order valence-corrected chi connectivity index (χ2v) is 7.61. The summed E-state index contributed by atoms with van der Waals surface area (Å²) in [6.07, 6.45) is 6.04. The Balaban J connectivity index is 1.73. The number of aryl methyl sites for hydroxylation is 2. The van der Waals surface area contributed by atoms with Gasteiger partial charge in [-0.05, 0) is 50.4 Å². The summed E-state index contributed by atoms with van der Waals surface area (Å²) in [5.74, 6) is -0.298. The first-order valence-corrected chi connectivity index (χ1v) is 9.49. The molecule has 25 heavy (non-hydrogen) atoms. The molecule has 0 radical (unpaired) electrons. The van der Waals surface area contributed by atoms with E-state index in [1.807, 2.05) is 24.9 Å². The fraction of sp³-hybridized carbons (Fsp3) is 0.471. The van der Waals surface area contributed by atoms with E-state index in [1.165, 1.54) is 12.0 Å². The number of methoxy groups -OCH3 is 1. The van der Waals surface area contributed by atoms with Gasteiger partial charge in [-0.2, -0.15) is 5.10 Å². The average molecular weight is 379 g/mol. The first-order chi connectivity index (χ1) is 12.0. The number of esters is 1. The van der Waals surface area contributed by atoms with Gasteiger partial charge >= 0.3 is 5.97 Å². The Labute approximate surface area is 156 Å². The van der Waals surface area contributed by atoms with Crippen LogP contribution in [0.4, 0.5) is 5.00 Å². The Morgan fingerprint density at radius 2 is 2.20 bits per heavy atom. The maximum absolute atomic E-state index is 12.2. The number of carbonyl (C=O) groups excluding carboxylic acids is 1. The van der Waals surface area contributed by atoms with Crippen molar-refractivity contribution in [2.45, 2.75) is 39.2 Å². The standard InChI is InChI=1S/C17H22N4O2S2/c1-10-11(9-19-21(10)2)8-18-17(24)20-15-14(16(22)23-3)12-6-4-5-7-13(12)25-15/h9H,4-8H2,1-3H3,(H2,18,20,24). The lowest BCUT2D eigenvalue weighted by atomic mass is 9.95. The van der Waals surface area contributed by atoms with Crippen LogP contribution in [0.3, 0.4) is 0 Å². The number of thiocarbonyl (C=S) groups is 1. The molecule has 0 atom stereocenters. The monoisotopic (exact) mass is 378 g/mol. The third-order valence-electron chi connectivity index (χ3n) is 4.56. The van der Waals surface area contributed by atoms with E-state index in [0.29, 0.717) is 17.2 Å². The van der Waals surface area contributed by atoms with Crippen molar-refractivity contribution in [1.82, 2.24) is 15.1 Å². The average Bonchev–Trinajstić information content (AvgIpc) is 3.13. The third kappa shape index (κ3) is 3.69. The lowest BCUT2D eigenvalue weighted by Gasteiger charge is -2.12. The molecule has 1 aliphatic carbocycles. The van der Waals surface area contributed by atoms with E-state index < -0.39 is 0 Å². The summed E-state index contributed by atoms with van der Waals surface area (Å²) in [5, 5.41) is 11.9. The van der Waals surface area contributed by atoms with Crippen LogP contribution in [0, 0.1) is 6.92 Å². The second-order valence-electron chi connectivity index (χ2n) is 6.09. The van der Waals surface area contributed by atoms with Crippen LogP contribution >= 0.6 is 23.6 Å². The van der Waals surface area contributed by atoms with Crippen LogP contribution in [0.5, 0.6) is 0 Å². The second kappa shape index (κ2) is 7.53. The minimum Gasteiger partial charge on any atom is -0.465 e. The van der Waals surface area contributed by atoms with Crippen molar-refractivity contribution in [3.8, 4) is 0 Å². The number of ether oxygens (including phenoxy) is 1. The molecule has 0 amide bonds. The minimum atomic E-state index is -0.298. The number of aromatic nitrogens is 2. The molecule has 3 rings (SSSR count). The lowest BCUT2D eigenvalue weighted by Crippen LogP contribution is -2.28. The number of hydrogen-bond acceptors (Lipinski definition) is 5. The molecule has 0 spiro atoms. The van der Waals surface area contributed by atoms with Gasteiger partial charge in [-0.1, -0.05) is 0 Å². The Kier molecular flexibility index (Phi) is 5.39. The van der Waals surface area contributed by atoms with Crippen molar-refractivity contribution in [1.29, 1.82) is 0 Å². The molecule has 0 aromatic carbocycles. The largest absolute Gasteiger partial charge is 0.465 e. The molecule has 134 valence electrons. The molecule has 2 aromatic heterocycles. The van der Waals surface area contributed by atoms with Crippen LogP contribution in [-0.4, -0.2) is 28.0 Å². The van der Waals surface area contributed by atoms with Gasteiger partial charge in [-0.3, -0.25) is 4.68 Å². The van der Waals surface area contributed by atoms with E-state index >= 15 is 0 Å². The Hall–Kier alpha value is -1.93. The van der Waals surface area contributed by atoms with Crippen molar-refractivity contribution in [2.24, 2.45) is 7.05 Å². The number of carbonyl (C=O) groups is 1. The zero-order valence-electron chi connectivity index (χ0n) is 14.6. The predicted molar refractivity (Wildman–Crippen MR) is 103 cm³/mol. The molecular weight excluding hydrogens is 356 g/mol. The summed E-state index contributed by atoms with van der Waals surface area (Å²) in [6, 6.07) is 0. The topological polar surface area (TPSA) is 68.2 Å². The number of fused-ring (bicyclic) bond motifs is 1. The van der Waals surface area contributed by atoms with E-state index in [2.05, 4.69) is 15.7 Å². The van der Waals surface area contributed by atoms with Crippen molar-refractivity contribution < 1.29 is 9.53 Å². The molecule has 2 N–H and O–H groups in total. The number of hydrogen-bond donors (Lipinski definition) is 2. The van der Waals surface area contributed by atoms with Gasteiger partial charge in [0.15, 0.2) is 5.11 Å². The Bertz CT molecular complexity index is 810. The number of anilines is 1. The predicted octanol–water partition coefficient (Wildman–Crippen LogP) is 2.94. The maximum Gasteiger partial charge on any atom is 0.341 e. The molecule has 6 nitrogen and oxygen atoms in total. The van der Waals surface area contributed by atoms with Gasteiger partial charge in [0.2, 0.25) is 0 Å². The highest BCUT2D eigenvalue weighted by molar-refractivity contribution is 7.80. The van der Waals surface area contributed by atoms with Crippen LogP contribution in [0.15, 0.2) is 6.20 Å². The van der Waals surface area contributed by atoms with E-state index in [4.69, 9.17) is 17.0 Å². The van der Waals surface area contributed by atoms with Crippen LogP contribution in [0.25, 0.3) is 0 Å². The lowest BCUT2D eigenvalue weighted by molar-refractivity contribution is 0.0601. The summed E-state index contributed by atoms with van der Waals surface area (Å²) >= 11 is 7.02. The molecular formula is C17H22N4O2S2. The van der Waals surface area contributed by atoms with Crippen LogP contribution in [-0.2, 0) is 31.2 Å². The smallest absolute Gasteiger partial charge is 0.341 e. The molecule has 2 aromatic rings. The molecule has 0 saturated heterocycles. The molecule has 2 heterocycles. The third-order valence-corrected chi connectivity index (χ3v) is 6.02. The Morgan fingerprint density at radius 1 is 1.44 bits per heavy atom. The van der Waals surface area contributed by atoms with Gasteiger partial charge in [0.25, 0.3) is 0 Å². The van der Waals surface area contributed by atoms with Crippen molar-refractivity contribution in [2.75, 3.05) is 12.4 Å². The van der Waals surface area contributed by atoms with Gasteiger partial charge in [-0.25, -0.2) is 4.79 Å². The Morgan fingerprint density at radius 3 is 2.88 bits per heavy atom. The van der Waals surface area contributed by atoms with Gasteiger partial charge in [0, 0.05) is 29.7 Å². The van der Waals surface area contributed by atoms with Gasteiger partial charge in [0.05, 0.1) is 18.9 Å². The van der Waals surface area contributed by atoms with E-state index in [1.54, 1.807) is 11.3 Å². The van der Waals surface area contributed by atoms with Gasteiger partial charge in [-0.15, -0.1) is 11.3 Å². The zero-order chi connectivity index (χ0) is 18.0. The van der Waals surface area contributed by atoms with Gasteiger partial charge < -0.3 is 15.4 Å². The van der Waals surface area contributed by atoms with E-state index in [-0.39, 0.29) is 5.97 Å². The maximum atomic E-state index is 12.2. The quantitative estimate of drug-likeness (QED) is 0.630. The van der Waals surface area contributed by atoms with E-state index in [9.17, 15) is 4.79 Å². The van der Waals surface area contributed by atoms with Crippen LogP contribution in [0.1, 0.15) is 44.9 Å². The molecule has 8 heteroatoms. The fourth-order valence-corrected chi connectivity index (χ4v) is 4.53. The summed E-state index contributed by atoms with van der Waals surface area (Å²) in [6.45, 7) is 2.60. The minimum absolute atomic E-state index is 0.298. The zero-order valence-corrected chi connectivity index (χ0v) is 16.3. The van der Waals surface area contributed by atoms with Crippen molar-refractivity contribution in [3.63, 3.8) is 0 Å². The van der Waals surface area contributed by atoms with Gasteiger partial charge in [0.1, 0.15) is 5.00 Å². The molecule has 0 unspecified atom stereocenters. The van der Waals surface area contributed by atoms with E-state index in [0.717, 1.165) is 47.5 Å². The first kappa shape index (κ1) is 17.9. The SMILES string of the molecule is COC(=O)c1c(NC(=S)NCc2cnn(C)c2C)sc2c1CCCC2. The van der Waals surface area contributed by atoms with Crippen molar-refractivity contribution >= 4 is 39.6 Å².